The van der Waals surface area contributed by atoms with Crippen LogP contribution in [0.25, 0.3) is 0 Å². The highest BCUT2D eigenvalue weighted by atomic mass is 16.5. The van der Waals surface area contributed by atoms with Crippen LogP contribution in [0, 0.1) is 0 Å². The van der Waals surface area contributed by atoms with Crippen LogP contribution in [0.5, 0.6) is 23.0 Å². The van der Waals surface area contributed by atoms with Crippen molar-refractivity contribution in [2.45, 2.75) is 12.3 Å². The Morgan fingerprint density at radius 3 is 2.10 bits per heavy atom. The largest absolute Gasteiger partial charge is 0.506 e. The van der Waals surface area contributed by atoms with Crippen LogP contribution in [0.1, 0.15) is 33.8 Å². The Labute approximate surface area is 172 Å². The number of pyridine rings is 1. The van der Waals surface area contributed by atoms with Crippen LogP contribution >= 0.6 is 0 Å². The molecule has 10 heteroatoms. The fourth-order valence-electron chi connectivity index (χ4n) is 3.07. The molecule has 0 aliphatic heterocycles. The van der Waals surface area contributed by atoms with Crippen molar-refractivity contribution in [2.75, 3.05) is 35.5 Å². The number of carbonyl (C=O) groups is 2. The number of aromatic hydroxyl groups is 1. The molecule has 30 heavy (non-hydrogen) atoms. The molecular formula is C20H23NO9. The Morgan fingerprint density at radius 1 is 0.967 bits per heavy atom. The standard InChI is InChI=1S/C20H23NO9/c1-26-13-8-15(28-3)14(27-2)6-10(13)11(7-16(22)29-4)17-18(23)12(20(25)30-5)9-21-19(17)24/h6,8-9,11H,7H2,1-5H3,(H2,21,23,24)/t11-/m0/s1. The van der Waals surface area contributed by atoms with Gasteiger partial charge in [-0.05, 0) is 6.07 Å². The molecule has 0 bridgehead atoms. The first-order chi connectivity index (χ1) is 14.3. The maximum absolute atomic E-state index is 12.6. The number of carbonyl (C=O) groups excluding carboxylic acids is 2. The molecule has 0 saturated heterocycles. The Balaban J connectivity index is 2.83. The van der Waals surface area contributed by atoms with Crippen molar-refractivity contribution in [1.29, 1.82) is 0 Å². The minimum absolute atomic E-state index is 0.228. The lowest BCUT2D eigenvalue weighted by Crippen LogP contribution is -2.22. The first-order valence-electron chi connectivity index (χ1n) is 8.72. The predicted molar refractivity (Wildman–Crippen MR) is 105 cm³/mol. The monoisotopic (exact) mass is 421 g/mol. The lowest BCUT2D eigenvalue weighted by atomic mass is 9.87. The molecule has 1 aromatic carbocycles. The summed E-state index contributed by atoms with van der Waals surface area (Å²) in [6, 6.07) is 3.04. The van der Waals surface area contributed by atoms with Crippen LogP contribution in [0.2, 0.25) is 0 Å². The highest BCUT2D eigenvalue weighted by molar-refractivity contribution is 5.92. The van der Waals surface area contributed by atoms with Gasteiger partial charge in [-0.2, -0.15) is 0 Å². The van der Waals surface area contributed by atoms with E-state index in [1.165, 1.54) is 40.6 Å². The van der Waals surface area contributed by atoms with Crippen molar-refractivity contribution in [3.8, 4) is 23.0 Å². The fourth-order valence-corrected chi connectivity index (χ4v) is 3.07. The zero-order valence-electron chi connectivity index (χ0n) is 17.2. The number of rotatable bonds is 8. The summed E-state index contributed by atoms with van der Waals surface area (Å²) in [6.07, 6.45) is 0.706. The Hall–Kier alpha value is -3.69. The Bertz CT molecular complexity index is 997. The third-order valence-electron chi connectivity index (χ3n) is 4.57. The van der Waals surface area contributed by atoms with Crippen molar-refractivity contribution in [3.05, 3.63) is 45.4 Å². The summed E-state index contributed by atoms with van der Waals surface area (Å²) >= 11 is 0. The first kappa shape index (κ1) is 22.6. The number of H-pyrrole nitrogens is 1. The maximum Gasteiger partial charge on any atom is 0.343 e. The molecular weight excluding hydrogens is 398 g/mol. The van der Waals surface area contributed by atoms with Gasteiger partial charge in [0.25, 0.3) is 5.56 Å². The van der Waals surface area contributed by atoms with Gasteiger partial charge in [-0.1, -0.05) is 0 Å². The summed E-state index contributed by atoms with van der Waals surface area (Å²) in [7, 11) is 6.59. The minimum atomic E-state index is -1.04. The van der Waals surface area contributed by atoms with Gasteiger partial charge in [0, 0.05) is 23.7 Å². The average molecular weight is 421 g/mol. The average Bonchev–Trinajstić information content (AvgIpc) is 2.76. The van der Waals surface area contributed by atoms with E-state index in [-0.39, 0.29) is 23.3 Å². The van der Waals surface area contributed by atoms with Gasteiger partial charge in [-0.15, -0.1) is 0 Å². The van der Waals surface area contributed by atoms with Gasteiger partial charge < -0.3 is 33.8 Å². The zero-order valence-corrected chi connectivity index (χ0v) is 17.2. The van der Waals surface area contributed by atoms with Crippen LogP contribution < -0.4 is 19.8 Å². The van der Waals surface area contributed by atoms with Crippen molar-refractivity contribution < 1.29 is 38.4 Å². The van der Waals surface area contributed by atoms with Crippen LogP contribution in [0.4, 0.5) is 0 Å². The van der Waals surface area contributed by atoms with E-state index in [0.717, 1.165) is 13.3 Å². The normalized spacial score (nSPS) is 11.4. The summed E-state index contributed by atoms with van der Waals surface area (Å²) in [5.41, 5.74) is -0.857. The Kier molecular flexibility index (Phi) is 7.29. The molecule has 0 aliphatic rings. The number of aromatic amines is 1. The quantitative estimate of drug-likeness (QED) is 0.609. The Morgan fingerprint density at radius 2 is 1.57 bits per heavy atom. The molecule has 1 atom stereocenters. The lowest BCUT2D eigenvalue weighted by Gasteiger charge is -2.22. The topological polar surface area (TPSA) is 133 Å². The number of hydrogen-bond acceptors (Lipinski definition) is 9. The SMILES string of the molecule is COC(=O)C[C@@H](c1cc(OC)c(OC)cc1OC)c1c(O)c(C(=O)OC)c[nH]c1=O. The first-order valence-corrected chi connectivity index (χ1v) is 8.72. The number of nitrogens with one attached hydrogen (secondary N) is 1. The van der Waals surface area contributed by atoms with Gasteiger partial charge in [0.05, 0.1) is 47.5 Å². The molecule has 0 radical (unpaired) electrons. The fraction of sp³-hybridized carbons (Fsp3) is 0.350. The number of methoxy groups -OCH3 is 5. The molecule has 0 aliphatic carbocycles. The smallest absolute Gasteiger partial charge is 0.343 e. The molecule has 2 rings (SSSR count). The van der Waals surface area contributed by atoms with Crippen molar-refractivity contribution in [1.82, 2.24) is 4.98 Å². The summed E-state index contributed by atoms with van der Waals surface area (Å²) < 4.78 is 25.4. The summed E-state index contributed by atoms with van der Waals surface area (Å²) in [5, 5.41) is 10.7. The highest BCUT2D eigenvalue weighted by Gasteiger charge is 2.31. The maximum atomic E-state index is 12.6. The van der Waals surface area contributed by atoms with Gasteiger partial charge >= 0.3 is 11.9 Å². The molecule has 0 spiro atoms. The molecule has 1 aromatic heterocycles. The molecule has 0 saturated carbocycles. The zero-order chi connectivity index (χ0) is 22.4. The van der Waals surface area contributed by atoms with E-state index in [1.807, 2.05) is 0 Å². The second kappa shape index (κ2) is 9.68. The van der Waals surface area contributed by atoms with Crippen LogP contribution in [-0.4, -0.2) is 57.6 Å². The number of esters is 2. The minimum Gasteiger partial charge on any atom is -0.506 e. The number of hydrogen-bond donors (Lipinski definition) is 2. The van der Waals surface area contributed by atoms with E-state index in [4.69, 9.17) is 18.9 Å². The third-order valence-corrected chi connectivity index (χ3v) is 4.57. The van der Waals surface area contributed by atoms with Crippen molar-refractivity contribution in [2.24, 2.45) is 0 Å². The van der Waals surface area contributed by atoms with Gasteiger partial charge in [-0.3, -0.25) is 9.59 Å². The van der Waals surface area contributed by atoms with E-state index < -0.39 is 29.2 Å². The second-order valence-corrected chi connectivity index (χ2v) is 6.07. The summed E-state index contributed by atoms with van der Waals surface area (Å²) in [5.74, 6) is -2.24. The van der Waals surface area contributed by atoms with Gasteiger partial charge in [0.15, 0.2) is 11.5 Å². The number of ether oxygens (including phenoxy) is 5. The van der Waals surface area contributed by atoms with Crippen molar-refractivity contribution in [3.63, 3.8) is 0 Å². The van der Waals surface area contributed by atoms with E-state index in [0.29, 0.717) is 17.1 Å². The molecule has 0 fully saturated rings. The number of benzene rings is 1. The van der Waals surface area contributed by atoms with Crippen LogP contribution in [-0.2, 0) is 14.3 Å². The summed E-state index contributed by atoms with van der Waals surface area (Å²) in [6.45, 7) is 0. The predicted octanol–water partition coefficient (Wildman–Crippen LogP) is 1.59. The molecule has 0 unspecified atom stereocenters. The molecule has 1 heterocycles. The van der Waals surface area contributed by atoms with E-state index in [2.05, 4.69) is 9.72 Å². The van der Waals surface area contributed by atoms with E-state index in [1.54, 1.807) is 0 Å². The van der Waals surface area contributed by atoms with Gasteiger partial charge in [0.2, 0.25) is 0 Å². The molecule has 2 aromatic rings. The molecule has 10 nitrogen and oxygen atoms in total. The third kappa shape index (κ3) is 4.32. The van der Waals surface area contributed by atoms with Crippen LogP contribution in [0.15, 0.2) is 23.1 Å². The second-order valence-electron chi connectivity index (χ2n) is 6.07. The van der Waals surface area contributed by atoms with E-state index >= 15 is 0 Å². The molecule has 0 amide bonds. The number of aromatic nitrogens is 1. The van der Waals surface area contributed by atoms with Crippen LogP contribution in [0.3, 0.4) is 0 Å². The molecule has 2 N–H and O–H groups in total. The lowest BCUT2D eigenvalue weighted by molar-refractivity contribution is -0.140. The van der Waals surface area contributed by atoms with Gasteiger partial charge in [0.1, 0.15) is 17.1 Å². The van der Waals surface area contributed by atoms with E-state index in [9.17, 15) is 19.5 Å². The van der Waals surface area contributed by atoms with Crippen molar-refractivity contribution >= 4 is 11.9 Å². The molecule has 162 valence electrons. The highest BCUT2D eigenvalue weighted by Crippen LogP contribution is 2.43. The summed E-state index contributed by atoms with van der Waals surface area (Å²) in [4.78, 5) is 39.2. The van der Waals surface area contributed by atoms with Gasteiger partial charge in [-0.25, -0.2) is 4.79 Å².